The van der Waals surface area contributed by atoms with Crippen molar-refractivity contribution in [1.29, 1.82) is 0 Å². The van der Waals surface area contributed by atoms with Crippen LogP contribution in [-0.4, -0.2) is 17.4 Å². The predicted molar refractivity (Wildman–Crippen MR) is 112 cm³/mol. The molecule has 0 unspecified atom stereocenters. The summed E-state index contributed by atoms with van der Waals surface area (Å²) in [7, 11) is 0. The van der Waals surface area contributed by atoms with Crippen LogP contribution in [0.1, 0.15) is 27.4 Å². The molecule has 0 atom stereocenters. The number of fused-ring (bicyclic) bond motifs is 2. The van der Waals surface area contributed by atoms with E-state index in [1.54, 1.807) is 18.2 Å². The number of carbonyl (C=O) groups is 1. The summed E-state index contributed by atoms with van der Waals surface area (Å²) >= 11 is 0. The van der Waals surface area contributed by atoms with Crippen molar-refractivity contribution in [2.24, 2.45) is 0 Å². The molecule has 35 heavy (non-hydrogen) atoms. The van der Waals surface area contributed by atoms with Crippen molar-refractivity contribution in [3.8, 4) is 11.5 Å². The Labute approximate surface area is 193 Å². The van der Waals surface area contributed by atoms with Crippen molar-refractivity contribution in [2.45, 2.75) is 18.8 Å². The molecule has 2 heterocycles. The minimum Gasteiger partial charge on any atom is -0.457 e. The standard InChI is InChI=1S/C24H14F6N2O3/c25-23(26,27)13-4-7-15(8-5-13)34-19-3-1-2-17-16(19)10-11-32(21(17)33)14-6-9-18-20(12-14)35-22(31-18)24(28,29)30/h1-9,12H,10-11H2. The highest BCUT2D eigenvalue weighted by Crippen LogP contribution is 2.37. The molecule has 1 amide bonds. The van der Waals surface area contributed by atoms with Crippen LogP contribution in [0, 0.1) is 0 Å². The quantitative estimate of drug-likeness (QED) is 0.293. The van der Waals surface area contributed by atoms with Crippen molar-refractivity contribution < 1.29 is 40.3 Å². The van der Waals surface area contributed by atoms with Crippen LogP contribution in [0.5, 0.6) is 11.5 Å². The summed E-state index contributed by atoms with van der Waals surface area (Å²) in [6.07, 6.45) is -8.86. The molecule has 0 radical (unpaired) electrons. The van der Waals surface area contributed by atoms with Crippen molar-refractivity contribution in [3.05, 3.63) is 83.2 Å². The Hall–Kier alpha value is -4.02. The molecule has 0 saturated heterocycles. The Morgan fingerprint density at radius 1 is 0.914 bits per heavy atom. The van der Waals surface area contributed by atoms with Gasteiger partial charge in [-0.2, -0.15) is 26.3 Å². The van der Waals surface area contributed by atoms with Crippen LogP contribution >= 0.6 is 0 Å². The average molecular weight is 492 g/mol. The highest BCUT2D eigenvalue weighted by molar-refractivity contribution is 6.09. The summed E-state index contributed by atoms with van der Waals surface area (Å²) in [6.45, 7) is 0.199. The second-order valence-electron chi connectivity index (χ2n) is 7.78. The number of alkyl halides is 6. The minimum atomic E-state index is -4.73. The van der Waals surface area contributed by atoms with Gasteiger partial charge in [-0.05, 0) is 55.0 Å². The molecule has 0 bridgehead atoms. The molecule has 5 nitrogen and oxygen atoms in total. The largest absolute Gasteiger partial charge is 0.468 e. The van der Waals surface area contributed by atoms with Crippen molar-refractivity contribution in [3.63, 3.8) is 0 Å². The Kier molecular flexibility index (Phi) is 5.22. The monoisotopic (exact) mass is 492 g/mol. The van der Waals surface area contributed by atoms with E-state index >= 15 is 0 Å². The molecule has 1 aromatic heterocycles. The number of nitrogens with zero attached hydrogens (tertiary/aromatic N) is 2. The Bertz CT molecular complexity index is 1420. The first-order valence-electron chi connectivity index (χ1n) is 10.3. The van der Waals surface area contributed by atoms with Gasteiger partial charge in [-0.15, -0.1) is 0 Å². The number of aromatic nitrogens is 1. The third kappa shape index (κ3) is 4.29. The fraction of sp³-hybridized carbons (Fsp3) is 0.167. The zero-order valence-corrected chi connectivity index (χ0v) is 17.6. The number of anilines is 1. The van der Waals surface area contributed by atoms with E-state index in [1.807, 2.05) is 0 Å². The van der Waals surface area contributed by atoms with Gasteiger partial charge in [0.25, 0.3) is 5.91 Å². The number of rotatable bonds is 3. The number of benzene rings is 3. The molecule has 11 heteroatoms. The van der Waals surface area contributed by atoms with Crippen LogP contribution in [0.15, 0.2) is 65.1 Å². The minimum absolute atomic E-state index is 0.0122. The van der Waals surface area contributed by atoms with E-state index in [0.29, 0.717) is 29.0 Å². The first kappa shape index (κ1) is 22.8. The van der Waals surface area contributed by atoms with Gasteiger partial charge in [0.2, 0.25) is 0 Å². The zero-order valence-electron chi connectivity index (χ0n) is 17.6. The molecule has 1 aliphatic rings. The highest BCUT2D eigenvalue weighted by Gasteiger charge is 2.38. The lowest BCUT2D eigenvalue weighted by Crippen LogP contribution is -2.37. The second-order valence-corrected chi connectivity index (χ2v) is 7.78. The SMILES string of the molecule is O=C1c2cccc(Oc3ccc(C(F)(F)F)cc3)c2CCN1c1ccc2nc(C(F)(F)F)oc2c1. The molecule has 0 saturated carbocycles. The summed E-state index contributed by atoms with van der Waals surface area (Å²) in [5.74, 6) is -1.27. The number of hydrogen-bond donors (Lipinski definition) is 0. The van der Waals surface area contributed by atoms with Gasteiger partial charge < -0.3 is 14.1 Å². The zero-order chi connectivity index (χ0) is 25.0. The number of carbonyl (C=O) groups excluding carboxylic acids is 1. The topological polar surface area (TPSA) is 55.6 Å². The lowest BCUT2D eigenvalue weighted by molar-refractivity contribution is -0.156. The Morgan fingerprint density at radius 3 is 2.34 bits per heavy atom. The lowest BCUT2D eigenvalue weighted by Gasteiger charge is -2.29. The maximum absolute atomic E-state index is 13.2. The molecule has 5 rings (SSSR count). The summed E-state index contributed by atoms with van der Waals surface area (Å²) < 4.78 is 87.6. The lowest BCUT2D eigenvalue weighted by atomic mass is 9.97. The summed E-state index contributed by atoms with van der Waals surface area (Å²) in [4.78, 5) is 18.0. The first-order chi connectivity index (χ1) is 16.5. The molecule has 0 aliphatic carbocycles. The van der Waals surface area contributed by atoms with E-state index in [2.05, 4.69) is 4.98 Å². The van der Waals surface area contributed by atoms with Gasteiger partial charge in [-0.1, -0.05) is 6.07 Å². The maximum atomic E-state index is 13.2. The number of amides is 1. The van der Waals surface area contributed by atoms with Crippen LogP contribution in [-0.2, 0) is 18.8 Å². The molecular formula is C24H14F6N2O3. The molecule has 0 N–H and O–H groups in total. The second kappa shape index (κ2) is 8.03. The summed E-state index contributed by atoms with van der Waals surface area (Å²) in [6, 6.07) is 13.1. The first-order valence-corrected chi connectivity index (χ1v) is 10.3. The molecule has 0 fully saturated rings. The molecule has 180 valence electrons. The van der Waals surface area contributed by atoms with Crippen LogP contribution in [0.25, 0.3) is 11.1 Å². The molecule has 0 spiro atoms. The number of ether oxygens (including phenoxy) is 1. The third-order valence-corrected chi connectivity index (χ3v) is 5.53. The van der Waals surface area contributed by atoms with Gasteiger partial charge in [-0.3, -0.25) is 4.79 Å². The van der Waals surface area contributed by atoms with E-state index in [0.717, 1.165) is 12.1 Å². The van der Waals surface area contributed by atoms with Gasteiger partial charge in [0.1, 0.15) is 17.0 Å². The van der Waals surface area contributed by atoms with E-state index in [4.69, 9.17) is 9.15 Å². The maximum Gasteiger partial charge on any atom is 0.468 e. The average Bonchev–Trinajstić information content (AvgIpc) is 3.24. The third-order valence-electron chi connectivity index (χ3n) is 5.53. The Balaban J connectivity index is 1.41. The van der Waals surface area contributed by atoms with Crippen LogP contribution < -0.4 is 9.64 Å². The molecule has 4 aromatic rings. The van der Waals surface area contributed by atoms with Gasteiger partial charge in [-0.25, -0.2) is 4.98 Å². The van der Waals surface area contributed by atoms with Gasteiger partial charge in [0.05, 0.1) is 5.56 Å². The number of halogens is 6. The number of oxazole rings is 1. The van der Waals surface area contributed by atoms with E-state index in [1.165, 1.54) is 35.2 Å². The smallest absolute Gasteiger partial charge is 0.457 e. The Morgan fingerprint density at radius 2 is 1.66 bits per heavy atom. The van der Waals surface area contributed by atoms with Gasteiger partial charge >= 0.3 is 18.2 Å². The molecule has 1 aliphatic heterocycles. The van der Waals surface area contributed by atoms with Crippen molar-refractivity contribution in [1.82, 2.24) is 4.98 Å². The van der Waals surface area contributed by atoms with E-state index in [9.17, 15) is 31.1 Å². The molecular weight excluding hydrogens is 478 g/mol. The van der Waals surface area contributed by atoms with Gasteiger partial charge in [0.15, 0.2) is 5.58 Å². The predicted octanol–water partition coefficient (Wildman–Crippen LogP) is 6.86. The van der Waals surface area contributed by atoms with E-state index in [-0.39, 0.29) is 23.4 Å². The van der Waals surface area contributed by atoms with Crippen LogP contribution in [0.3, 0.4) is 0 Å². The van der Waals surface area contributed by atoms with Gasteiger partial charge in [0, 0.05) is 29.4 Å². The number of hydrogen-bond acceptors (Lipinski definition) is 4. The van der Waals surface area contributed by atoms with Crippen molar-refractivity contribution >= 4 is 22.7 Å². The summed E-state index contributed by atoms with van der Waals surface area (Å²) in [5.41, 5.74) is 0.331. The normalized spacial score (nSPS) is 14.3. The van der Waals surface area contributed by atoms with Crippen LogP contribution in [0.2, 0.25) is 0 Å². The molecule has 3 aromatic carbocycles. The summed E-state index contributed by atoms with van der Waals surface area (Å²) in [5, 5.41) is 0. The fourth-order valence-corrected chi connectivity index (χ4v) is 3.88. The van der Waals surface area contributed by atoms with E-state index < -0.39 is 29.7 Å². The highest BCUT2D eigenvalue weighted by atomic mass is 19.4. The van der Waals surface area contributed by atoms with Crippen LogP contribution in [0.4, 0.5) is 32.0 Å². The fourth-order valence-electron chi connectivity index (χ4n) is 3.88. The van der Waals surface area contributed by atoms with Crippen molar-refractivity contribution in [2.75, 3.05) is 11.4 Å².